The minimum Gasteiger partial charge on any atom is -0.495 e. The summed E-state index contributed by atoms with van der Waals surface area (Å²) >= 11 is 6.46. The molecule has 0 aliphatic carbocycles. The number of hydrogen-bond donors (Lipinski definition) is 1. The van der Waals surface area contributed by atoms with E-state index in [9.17, 15) is 4.79 Å². The molecule has 1 aliphatic rings. The molecule has 3 rings (SSSR count). The van der Waals surface area contributed by atoms with Crippen molar-refractivity contribution < 1.29 is 14.3 Å². The molecule has 1 N–H and O–H groups in total. The Kier molecular flexibility index (Phi) is 6.36. The van der Waals surface area contributed by atoms with E-state index < -0.39 is 0 Å². The predicted octanol–water partition coefficient (Wildman–Crippen LogP) is 1.81. The Morgan fingerprint density at radius 2 is 2.15 bits per heavy atom. The van der Waals surface area contributed by atoms with E-state index >= 15 is 0 Å². The number of carbonyl (C=O) groups is 1. The Labute approximate surface area is 164 Å². The summed E-state index contributed by atoms with van der Waals surface area (Å²) in [6.45, 7) is 2.25. The van der Waals surface area contributed by atoms with Crippen molar-refractivity contribution in [1.82, 2.24) is 20.0 Å². The highest BCUT2D eigenvalue weighted by Crippen LogP contribution is 2.32. The lowest BCUT2D eigenvalue weighted by Gasteiger charge is -2.20. The Hall–Kier alpha value is -2.09. The van der Waals surface area contributed by atoms with E-state index in [4.69, 9.17) is 21.1 Å². The number of aryl methyl sites for hydroxylation is 1. The van der Waals surface area contributed by atoms with Gasteiger partial charge in [-0.15, -0.1) is 0 Å². The fourth-order valence-corrected chi connectivity index (χ4v) is 3.93. The first-order chi connectivity index (χ1) is 13.0. The molecule has 2 atom stereocenters. The minimum atomic E-state index is -0.115. The molecule has 2 aromatic rings. The van der Waals surface area contributed by atoms with Crippen LogP contribution in [0, 0.1) is 0 Å². The van der Waals surface area contributed by atoms with Crippen molar-refractivity contribution in [3.8, 4) is 5.75 Å². The maximum atomic E-state index is 12.1. The van der Waals surface area contributed by atoms with Gasteiger partial charge in [0.15, 0.2) is 0 Å². The number of amides is 1. The van der Waals surface area contributed by atoms with Crippen LogP contribution in [0.4, 0.5) is 0 Å². The largest absolute Gasteiger partial charge is 0.495 e. The van der Waals surface area contributed by atoms with Gasteiger partial charge in [-0.05, 0) is 17.7 Å². The number of benzene rings is 1. The molecule has 2 heterocycles. The zero-order valence-electron chi connectivity index (χ0n) is 15.8. The number of aromatic nitrogens is 2. The van der Waals surface area contributed by atoms with Crippen LogP contribution in [0.5, 0.6) is 5.75 Å². The van der Waals surface area contributed by atoms with E-state index in [1.54, 1.807) is 13.3 Å². The number of carbonyl (C=O) groups excluding carboxylic acids is 1. The molecule has 1 aliphatic heterocycles. The second kappa shape index (κ2) is 8.73. The molecular formula is C19H25ClN4O3. The van der Waals surface area contributed by atoms with Gasteiger partial charge in [-0.25, -0.2) is 0 Å². The van der Waals surface area contributed by atoms with Crippen LogP contribution in [0.25, 0.3) is 0 Å². The van der Waals surface area contributed by atoms with Crippen LogP contribution in [-0.4, -0.2) is 60.5 Å². The first-order valence-electron chi connectivity index (χ1n) is 8.83. The summed E-state index contributed by atoms with van der Waals surface area (Å²) in [4.78, 5) is 14.4. The van der Waals surface area contributed by atoms with Crippen molar-refractivity contribution in [3.63, 3.8) is 0 Å². The zero-order chi connectivity index (χ0) is 19.4. The van der Waals surface area contributed by atoms with Crippen LogP contribution in [0.1, 0.15) is 17.2 Å². The summed E-state index contributed by atoms with van der Waals surface area (Å²) in [5.41, 5.74) is 2.10. The Morgan fingerprint density at radius 1 is 1.33 bits per heavy atom. The summed E-state index contributed by atoms with van der Waals surface area (Å²) in [5.74, 6) is 0.695. The molecule has 1 aromatic carbocycles. The molecule has 7 nitrogen and oxygen atoms in total. The van der Waals surface area contributed by atoms with Crippen molar-refractivity contribution >= 4 is 17.5 Å². The quantitative estimate of drug-likeness (QED) is 0.778. The lowest BCUT2D eigenvalue weighted by Crippen LogP contribution is -2.41. The monoisotopic (exact) mass is 392 g/mol. The highest BCUT2D eigenvalue weighted by molar-refractivity contribution is 6.32. The number of nitrogens with zero attached hydrogens (tertiary/aromatic N) is 3. The lowest BCUT2D eigenvalue weighted by atomic mass is 9.99. The minimum absolute atomic E-state index is 0.0209. The highest BCUT2D eigenvalue weighted by atomic mass is 35.5. The number of halogens is 1. The van der Waals surface area contributed by atoms with Crippen molar-refractivity contribution in [3.05, 3.63) is 46.7 Å². The molecular weight excluding hydrogens is 368 g/mol. The first-order valence-corrected chi connectivity index (χ1v) is 9.21. The topological polar surface area (TPSA) is 68.6 Å². The van der Waals surface area contributed by atoms with Gasteiger partial charge in [0.2, 0.25) is 5.91 Å². The Balaban J connectivity index is 1.78. The Morgan fingerprint density at radius 3 is 2.81 bits per heavy atom. The first kappa shape index (κ1) is 19.7. The van der Waals surface area contributed by atoms with Gasteiger partial charge in [-0.2, -0.15) is 5.10 Å². The van der Waals surface area contributed by atoms with Crippen LogP contribution in [-0.2, 0) is 23.1 Å². The molecule has 8 heteroatoms. The smallest absolute Gasteiger partial charge is 0.246 e. The molecule has 1 fully saturated rings. The van der Waals surface area contributed by atoms with Crippen molar-refractivity contribution in [2.75, 3.05) is 33.9 Å². The van der Waals surface area contributed by atoms with Gasteiger partial charge in [0.1, 0.15) is 12.4 Å². The van der Waals surface area contributed by atoms with Crippen LogP contribution in [0.15, 0.2) is 30.5 Å². The zero-order valence-corrected chi connectivity index (χ0v) is 16.6. The van der Waals surface area contributed by atoms with Crippen molar-refractivity contribution in [2.24, 2.45) is 7.05 Å². The molecule has 0 bridgehead atoms. The van der Waals surface area contributed by atoms with E-state index in [2.05, 4.69) is 15.3 Å². The van der Waals surface area contributed by atoms with Gasteiger partial charge in [-0.3, -0.25) is 14.4 Å². The maximum absolute atomic E-state index is 12.1. The van der Waals surface area contributed by atoms with Gasteiger partial charge >= 0.3 is 0 Å². The van der Waals surface area contributed by atoms with Crippen LogP contribution < -0.4 is 10.1 Å². The second-order valence-corrected chi connectivity index (χ2v) is 7.10. The molecule has 0 unspecified atom stereocenters. The summed E-state index contributed by atoms with van der Waals surface area (Å²) in [5, 5.41) is 8.00. The molecule has 27 heavy (non-hydrogen) atoms. The third-order valence-electron chi connectivity index (χ3n) is 4.91. The average molecular weight is 393 g/mol. The van der Waals surface area contributed by atoms with Gasteiger partial charge in [-0.1, -0.05) is 23.7 Å². The molecule has 0 radical (unpaired) electrons. The average Bonchev–Trinajstić information content (AvgIpc) is 3.22. The molecule has 146 valence electrons. The Bertz CT molecular complexity index is 795. The molecule has 0 saturated carbocycles. The van der Waals surface area contributed by atoms with E-state index in [0.717, 1.165) is 24.3 Å². The van der Waals surface area contributed by atoms with Gasteiger partial charge in [0, 0.05) is 51.6 Å². The van der Waals surface area contributed by atoms with Crippen LogP contribution in [0.3, 0.4) is 0 Å². The number of methoxy groups -OCH3 is 2. The fraction of sp³-hybridized carbons (Fsp3) is 0.474. The third kappa shape index (κ3) is 4.43. The number of likely N-dealkylation sites (tertiary alicyclic amines) is 1. The van der Waals surface area contributed by atoms with E-state index in [1.807, 2.05) is 36.0 Å². The lowest BCUT2D eigenvalue weighted by molar-refractivity contribution is -0.125. The molecule has 0 spiro atoms. The fourth-order valence-electron chi connectivity index (χ4n) is 3.66. The second-order valence-electron chi connectivity index (χ2n) is 6.72. The highest BCUT2D eigenvalue weighted by Gasteiger charge is 2.36. The standard InChI is InChI=1S/C19H25ClN4O3/c1-23-16(7-8-21-23)14-10-24(11-15(14)22-18(25)12-26-2)9-13-5-4-6-17(27-3)19(13)20/h4-8,14-15H,9-12H2,1-3H3,(H,22,25)/t14-,15-/m1/s1. The van der Waals surface area contributed by atoms with Crippen LogP contribution in [0.2, 0.25) is 5.02 Å². The van der Waals surface area contributed by atoms with Crippen LogP contribution >= 0.6 is 11.6 Å². The predicted molar refractivity (Wildman–Crippen MR) is 103 cm³/mol. The van der Waals surface area contributed by atoms with E-state index in [-0.39, 0.29) is 24.5 Å². The maximum Gasteiger partial charge on any atom is 0.246 e. The van der Waals surface area contributed by atoms with Gasteiger partial charge < -0.3 is 14.8 Å². The number of rotatable bonds is 7. The third-order valence-corrected chi connectivity index (χ3v) is 5.34. The SMILES string of the molecule is COCC(=O)N[C@@H]1CN(Cc2cccc(OC)c2Cl)C[C@H]1c1ccnn1C. The molecule has 1 amide bonds. The van der Waals surface area contributed by atoms with E-state index in [1.165, 1.54) is 7.11 Å². The molecule has 1 saturated heterocycles. The number of ether oxygens (including phenoxy) is 2. The summed E-state index contributed by atoms with van der Waals surface area (Å²) in [6, 6.07) is 7.77. The van der Waals surface area contributed by atoms with E-state index in [0.29, 0.717) is 17.3 Å². The summed E-state index contributed by atoms with van der Waals surface area (Å²) in [7, 11) is 5.05. The number of nitrogens with one attached hydrogen (secondary N) is 1. The number of hydrogen-bond acceptors (Lipinski definition) is 5. The molecule has 1 aromatic heterocycles. The summed E-state index contributed by atoms with van der Waals surface area (Å²) in [6.07, 6.45) is 1.78. The van der Waals surface area contributed by atoms with Crippen molar-refractivity contribution in [2.45, 2.75) is 18.5 Å². The summed E-state index contributed by atoms with van der Waals surface area (Å²) < 4.78 is 12.1. The normalized spacial score (nSPS) is 20.0. The van der Waals surface area contributed by atoms with Gasteiger partial charge in [0.05, 0.1) is 18.2 Å². The van der Waals surface area contributed by atoms with Crippen molar-refractivity contribution in [1.29, 1.82) is 0 Å². The van der Waals surface area contributed by atoms with Gasteiger partial charge in [0.25, 0.3) is 0 Å².